The Labute approximate surface area is 212 Å². The number of amides is 2. The Morgan fingerprint density at radius 3 is 2.62 bits per heavy atom. The van der Waals surface area contributed by atoms with Crippen molar-refractivity contribution in [1.82, 2.24) is 20.2 Å². The van der Waals surface area contributed by atoms with E-state index in [1.165, 1.54) is 0 Å². The summed E-state index contributed by atoms with van der Waals surface area (Å²) in [5.74, 6) is -0.319. The molecule has 0 aliphatic heterocycles. The van der Waals surface area contributed by atoms with Crippen molar-refractivity contribution in [2.45, 2.75) is 45.4 Å². The summed E-state index contributed by atoms with van der Waals surface area (Å²) < 4.78 is 44.0. The van der Waals surface area contributed by atoms with Gasteiger partial charge in [-0.05, 0) is 57.0 Å². The minimum atomic E-state index is -4.49. The number of pyridine rings is 1. The molecule has 0 atom stereocenters. The van der Waals surface area contributed by atoms with Crippen molar-refractivity contribution in [1.29, 1.82) is 0 Å². The number of esters is 1. The Bertz CT molecular complexity index is 1220. The molecule has 12 heteroatoms. The number of hydrogen-bond acceptors (Lipinski definition) is 6. The number of carbonyl (C=O) groups is 2. The molecule has 200 valence electrons. The van der Waals surface area contributed by atoms with Crippen molar-refractivity contribution in [3.05, 3.63) is 54.4 Å². The second kappa shape index (κ2) is 12.1. The molecule has 2 heterocycles. The molecule has 0 aliphatic rings. The number of nitrogens with one attached hydrogen (secondary N) is 3. The Hall–Kier alpha value is -3.64. The van der Waals surface area contributed by atoms with Crippen LogP contribution in [0.4, 0.5) is 23.7 Å². The third-order valence-corrected chi connectivity index (χ3v) is 4.89. The summed E-state index contributed by atoms with van der Waals surface area (Å²) in [4.78, 5) is 33.2. The number of hydroxylamine groups is 1. The van der Waals surface area contributed by atoms with Crippen molar-refractivity contribution in [3.8, 4) is 11.3 Å². The molecule has 2 amide bonds. The molecular formula is C25H30F3N5O4. The molecule has 3 N–H and O–H groups in total. The van der Waals surface area contributed by atoms with Crippen LogP contribution < -0.4 is 16.1 Å². The first-order valence-electron chi connectivity index (χ1n) is 11.6. The summed E-state index contributed by atoms with van der Waals surface area (Å²) in [7, 11) is 0. The molecule has 3 rings (SSSR count). The van der Waals surface area contributed by atoms with E-state index in [0.717, 1.165) is 16.8 Å². The average molecular weight is 522 g/mol. The molecule has 2 aromatic heterocycles. The highest BCUT2D eigenvalue weighted by molar-refractivity contribution is 5.90. The van der Waals surface area contributed by atoms with Gasteiger partial charge >= 0.3 is 18.2 Å². The number of aromatic nitrogens is 2. The number of alkyl halides is 3. The van der Waals surface area contributed by atoms with Gasteiger partial charge in [0.15, 0.2) is 0 Å². The summed E-state index contributed by atoms with van der Waals surface area (Å²) in [6.07, 6.45) is -0.120. The number of fused-ring (bicyclic) bond motifs is 1. The van der Waals surface area contributed by atoms with Gasteiger partial charge in [0, 0.05) is 24.0 Å². The maximum Gasteiger partial charge on any atom is 0.405 e. The lowest BCUT2D eigenvalue weighted by Gasteiger charge is -2.19. The average Bonchev–Trinajstić information content (AvgIpc) is 3.22. The quantitative estimate of drug-likeness (QED) is 0.206. The summed E-state index contributed by atoms with van der Waals surface area (Å²) >= 11 is 0. The first kappa shape index (κ1) is 27.9. The van der Waals surface area contributed by atoms with Crippen LogP contribution in [0.25, 0.3) is 16.9 Å². The SMILES string of the molecule is CC(C)(C)OC(=O)CCONCCc1ccn2c(-c3cccc(NC(=O)NCC(F)(F)F)c3)cnc2c1. The van der Waals surface area contributed by atoms with Crippen LogP contribution in [0, 0.1) is 0 Å². The largest absolute Gasteiger partial charge is 0.460 e. The van der Waals surface area contributed by atoms with E-state index in [2.05, 4.69) is 15.8 Å². The lowest BCUT2D eigenvalue weighted by Crippen LogP contribution is -2.36. The van der Waals surface area contributed by atoms with E-state index < -0.39 is 24.4 Å². The van der Waals surface area contributed by atoms with Gasteiger partial charge in [-0.1, -0.05) is 12.1 Å². The van der Waals surface area contributed by atoms with Gasteiger partial charge in [-0.3, -0.25) is 9.20 Å². The van der Waals surface area contributed by atoms with Gasteiger partial charge in [0.05, 0.1) is 24.9 Å². The fraction of sp³-hybridized carbons (Fsp3) is 0.400. The molecular weight excluding hydrogens is 491 g/mol. The lowest BCUT2D eigenvalue weighted by molar-refractivity contribution is -0.156. The number of nitrogens with zero attached hydrogens (tertiary/aromatic N) is 2. The van der Waals surface area contributed by atoms with Crippen LogP contribution >= 0.6 is 0 Å². The topological polar surface area (TPSA) is 106 Å². The van der Waals surface area contributed by atoms with Crippen molar-refractivity contribution in [2.24, 2.45) is 0 Å². The zero-order valence-corrected chi connectivity index (χ0v) is 20.8. The zero-order valence-electron chi connectivity index (χ0n) is 20.8. The standard InChI is InChI=1S/C25H30F3N5O4/c1-24(2,3)37-22(34)9-12-36-31-10-7-17-8-11-33-20(15-29-21(33)13-17)18-5-4-6-19(14-18)32-23(35)30-16-25(26,27)28/h4-6,8,11,13-15,31H,7,9-10,12,16H2,1-3H3,(H2,30,32,35). The van der Waals surface area contributed by atoms with E-state index >= 15 is 0 Å². The normalized spacial score (nSPS) is 11.9. The zero-order chi connectivity index (χ0) is 27.1. The lowest BCUT2D eigenvalue weighted by atomic mass is 10.1. The monoisotopic (exact) mass is 521 g/mol. The first-order valence-corrected chi connectivity index (χ1v) is 11.6. The Morgan fingerprint density at radius 1 is 1.11 bits per heavy atom. The summed E-state index contributed by atoms with van der Waals surface area (Å²) in [5.41, 5.74) is 5.87. The number of urea groups is 1. The number of ether oxygens (including phenoxy) is 1. The minimum absolute atomic E-state index is 0.155. The van der Waals surface area contributed by atoms with E-state index in [1.54, 1.807) is 29.7 Å². The van der Waals surface area contributed by atoms with Gasteiger partial charge in [-0.2, -0.15) is 13.2 Å². The van der Waals surface area contributed by atoms with E-state index in [9.17, 15) is 22.8 Å². The maximum atomic E-state index is 12.3. The first-order chi connectivity index (χ1) is 17.4. The number of rotatable bonds is 10. The highest BCUT2D eigenvalue weighted by Crippen LogP contribution is 2.24. The number of carbonyl (C=O) groups excluding carboxylic acids is 2. The van der Waals surface area contributed by atoms with Crippen molar-refractivity contribution >= 4 is 23.3 Å². The van der Waals surface area contributed by atoms with Crippen molar-refractivity contribution in [2.75, 3.05) is 25.0 Å². The van der Waals surface area contributed by atoms with Crippen LogP contribution in [0.15, 0.2) is 48.8 Å². The van der Waals surface area contributed by atoms with Gasteiger partial charge in [0.2, 0.25) is 0 Å². The number of imidazole rings is 1. The molecule has 0 saturated heterocycles. The fourth-order valence-corrected chi connectivity index (χ4v) is 3.37. The minimum Gasteiger partial charge on any atom is -0.460 e. The predicted octanol–water partition coefficient (Wildman–Crippen LogP) is 4.48. The molecule has 0 fully saturated rings. The van der Waals surface area contributed by atoms with E-state index in [0.29, 0.717) is 24.3 Å². The van der Waals surface area contributed by atoms with Crippen LogP contribution in [-0.2, 0) is 20.8 Å². The smallest absolute Gasteiger partial charge is 0.405 e. The third kappa shape index (κ3) is 9.39. The summed E-state index contributed by atoms with van der Waals surface area (Å²) in [6, 6.07) is 9.67. The van der Waals surface area contributed by atoms with Crippen LogP contribution in [-0.4, -0.2) is 52.9 Å². The Balaban J connectivity index is 1.52. The van der Waals surface area contributed by atoms with Crippen LogP contribution in [0.2, 0.25) is 0 Å². The van der Waals surface area contributed by atoms with Crippen LogP contribution in [0.1, 0.15) is 32.8 Å². The molecule has 0 spiro atoms. The van der Waals surface area contributed by atoms with Gasteiger partial charge < -0.3 is 20.2 Å². The molecule has 0 saturated carbocycles. The Kier molecular flexibility index (Phi) is 9.11. The van der Waals surface area contributed by atoms with E-state index in [1.807, 2.05) is 49.6 Å². The number of benzene rings is 1. The molecule has 1 aromatic carbocycles. The predicted molar refractivity (Wildman–Crippen MR) is 132 cm³/mol. The van der Waals surface area contributed by atoms with Crippen molar-refractivity contribution < 1.29 is 32.3 Å². The molecule has 0 radical (unpaired) electrons. The molecule has 37 heavy (non-hydrogen) atoms. The summed E-state index contributed by atoms with van der Waals surface area (Å²) in [6.45, 7) is 4.75. The molecule has 3 aromatic rings. The number of halogens is 3. The second-order valence-electron chi connectivity index (χ2n) is 9.24. The van der Waals surface area contributed by atoms with E-state index in [-0.39, 0.29) is 19.0 Å². The fourth-order valence-electron chi connectivity index (χ4n) is 3.37. The number of hydrogen-bond donors (Lipinski definition) is 3. The molecule has 0 unspecified atom stereocenters. The van der Waals surface area contributed by atoms with Crippen LogP contribution in [0.5, 0.6) is 0 Å². The van der Waals surface area contributed by atoms with Gasteiger partial charge in [0.25, 0.3) is 0 Å². The van der Waals surface area contributed by atoms with Gasteiger partial charge in [-0.15, -0.1) is 0 Å². The third-order valence-electron chi connectivity index (χ3n) is 4.89. The maximum absolute atomic E-state index is 12.3. The van der Waals surface area contributed by atoms with Crippen molar-refractivity contribution in [3.63, 3.8) is 0 Å². The number of anilines is 1. The molecule has 9 nitrogen and oxygen atoms in total. The molecule has 0 aliphatic carbocycles. The Morgan fingerprint density at radius 2 is 1.89 bits per heavy atom. The highest BCUT2D eigenvalue weighted by Gasteiger charge is 2.27. The van der Waals surface area contributed by atoms with Gasteiger partial charge in [-0.25, -0.2) is 15.3 Å². The second-order valence-corrected chi connectivity index (χ2v) is 9.24. The highest BCUT2D eigenvalue weighted by atomic mass is 19.4. The van der Waals surface area contributed by atoms with E-state index in [4.69, 9.17) is 9.57 Å². The van der Waals surface area contributed by atoms with Crippen LogP contribution in [0.3, 0.4) is 0 Å². The van der Waals surface area contributed by atoms with Gasteiger partial charge in [0.1, 0.15) is 17.8 Å². The summed E-state index contributed by atoms with van der Waals surface area (Å²) in [5, 5.41) is 4.18. The molecule has 0 bridgehead atoms.